The number of benzene rings is 2. The first-order chi connectivity index (χ1) is 16.2. The third kappa shape index (κ3) is 4.52. The molecule has 3 aromatic rings. The molecule has 0 N–H and O–H groups in total. The van der Waals surface area contributed by atoms with Gasteiger partial charge >= 0.3 is 5.97 Å². The number of amides is 1. The van der Waals surface area contributed by atoms with E-state index in [2.05, 4.69) is 18.2 Å². The molecule has 1 amide bonds. The summed E-state index contributed by atoms with van der Waals surface area (Å²) in [7, 11) is 0. The molecule has 166 valence electrons. The Morgan fingerprint density at radius 1 is 1.03 bits per heavy atom. The summed E-state index contributed by atoms with van der Waals surface area (Å²) in [4.78, 5) is 26.0. The monoisotopic (exact) mass is 456 g/mol. The zero-order chi connectivity index (χ0) is 22.6. The first kappa shape index (κ1) is 21.3. The molecular weight excluding hydrogens is 432 g/mol. The predicted octanol–water partition coefficient (Wildman–Crippen LogP) is 5.73. The van der Waals surface area contributed by atoms with E-state index in [4.69, 9.17) is 9.84 Å². The molecule has 1 fully saturated rings. The van der Waals surface area contributed by atoms with E-state index < -0.39 is 5.97 Å². The van der Waals surface area contributed by atoms with Crippen LogP contribution in [0.2, 0.25) is 0 Å². The Kier molecular flexibility index (Phi) is 6.17. The summed E-state index contributed by atoms with van der Waals surface area (Å²) in [5.74, 6) is -0.675. The molecule has 2 heterocycles. The first-order valence-electron chi connectivity index (χ1n) is 11.1. The number of thiophene rings is 1. The van der Waals surface area contributed by atoms with Crippen LogP contribution in [0.15, 0.2) is 88.9 Å². The lowest BCUT2D eigenvalue weighted by atomic mass is 9.77. The topological polar surface area (TPSA) is 59.0 Å². The fraction of sp³-hybridized carbons (Fsp3) is 0.222. The van der Waals surface area contributed by atoms with Gasteiger partial charge in [0.25, 0.3) is 5.91 Å². The van der Waals surface area contributed by atoms with Gasteiger partial charge in [-0.05, 0) is 53.5 Å². The van der Waals surface area contributed by atoms with E-state index in [1.54, 1.807) is 17.1 Å². The van der Waals surface area contributed by atoms with Gasteiger partial charge in [0.15, 0.2) is 6.61 Å². The lowest BCUT2D eigenvalue weighted by molar-refractivity contribution is -0.137. The van der Waals surface area contributed by atoms with Crippen molar-refractivity contribution in [3.63, 3.8) is 0 Å². The minimum Gasteiger partial charge on any atom is -0.451 e. The third-order valence-corrected chi connectivity index (χ3v) is 6.94. The molecule has 2 atom stereocenters. The van der Waals surface area contributed by atoms with Gasteiger partial charge in [0, 0.05) is 5.92 Å². The van der Waals surface area contributed by atoms with E-state index in [1.165, 1.54) is 16.9 Å². The molecule has 0 unspecified atom stereocenters. The molecule has 6 heteroatoms. The maximum atomic E-state index is 13.2. The van der Waals surface area contributed by atoms with Gasteiger partial charge in [-0.25, -0.2) is 9.80 Å². The summed E-state index contributed by atoms with van der Waals surface area (Å²) in [5.41, 5.74) is 4.31. The number of carbonyl (C=O) groups excluding carboxylic acids is 2. The van der Waals surface area contributed by atoms with E-state index >= 15 is 0 Å². The number of esters is 1. The number of nitrogens with zero attached hydrogens (tertiary/aromatic N) is 2. The Hall–Kier alpha value is -3.51. The highest BCUT2D eigenvalue weighted by Gasteiger charge is 2.43. The minimum absolute atomic E-state index is 0.119. The predicted molar refractivity (Wildman–Crippen MR) is 130 cm³/mol. The van der Waals surface area contributed by atoms with Crippen LogP contribution in [0.1, 0.15) is 46.1 Å². The molecule has 1 aromatic heterocycles. The van der Waals surface area contributed by atoms with Crippen LogP contribution in [0.4, 0.5) is 0 Å². The molecule has 0 saturated heterocycles. The number of fused-ring (bicyclic) bond motifs is 1. The molecular formula is C27H24N2O3S. The van der Waals surface area contributed by atoms with Gasteiger partial charge in [-0.15, -0.1) is 11.3 Å². The van der Waals surface area contributed by atoms with E-state index in [0.29, 0.717) is 4.88 Å². The maximum absolute atomic E-state index is 13.2. The van der Waals surface area contributed by atoms with Gasteiger partial charge < -0.3 is 4.74 Å². The van der Waals surface area contributed by atoms with Crippen molar-refractivity contribution in [1.82, 2.24) is 5.01 Å². The summed E-state index contributed by atoms with van der Waals surface area (Å²) in [5, 5.41) is 8.18. The molecule has 5 rings (SSSR count). The van der Waals surface area contributed by atoms with Crippen molar-refractivity contribution in [2.75, 3.05) is 6.61 Å². The lowest BCUT2D eigenvalue weighted by Gasteiger charge is -2.29. The summed E-state index contributed by atoms with van der Waals surface area (Å²) in [6, 6.07) is 23.5. The maximum Gasteiger partial charge on any atom is 0.348 e. The standard InChI is InChI=1S/C27H24N2O3S/c30-24(18-32-27(31)23-15-8-16-33-23)29-26(20-11-5-2-6-12-20)22-14-7-13-21(25(22)28-29)17-19-9-3-1-4-10-19/h1-6,8-12,15-17,22,26H,7,13-14,18H2/b21-17-/t22-,26+/m0/s1. The number of hydrogen-bond acceptors (Lipinski definition) is 5. The smallest absolute Gasteiger partial charge is 0.348 e. The molecule has 5 nitrogen and oxygen atoms in total. The Labute approximate surface area is 197 Å². The number of hydrogen-bond donors (Lipinski definition) is 0. The van der Waals surface area contributed by atoms with Crippen molar-refractivity contribution in [2.45, 2.75) is 25.3 Å². The number of ether oxygens (including phenoxy) is 1. The van der Waals surface area contributed by atoms with E-state index in [0.717, 1.165) is 36.1 Å². The van der Waals surface area contributed by atoms with Crippen LogP contribution >= 0.6 is 11.3 Å². The molecule has 0 bridgehead atoms. The summed E-state index contributed by atoms with van der Waals surface area (Å²) >= 11 is 1.30. The highest BCUT2D eigenvalue weighted by molar-refractivity contribution is 7.11. The highest BCUT2D eigenvalue weighted by Crippen LogP contribution is 2.44. The molecule has 33 heavy (non-hydrogen) atoms. The molecule has 0 radical (unpaired) electrons. The van der Waals surface area contributed by atoms with Crippen LogP contribution in [0.25, 0.3) is 6.08 Å². The van der Waals surface area contributed by atoms with Crippen molar-refractivity contribution >= 4 is 35.0 Å². The van der Waals surface area contributed by atoms with Gasteiger partial charge in [0.1, 0.15) is 4.88 Å². The SMILES string of the molecule is O=C(OCC(=O)N1N=C2/C(=C\c3ccccc3)CCC[C@@H]2[C@H]1c1ccccc1)c1cccs1. The average molecular weight is 457 g/mol. The molecule has 1 aliphatic carbocycles. The number of hydrazone groups is 1. The fourth-order valence-electron chi connectivity index (χ4n) is 4.60. The largest absolute Gasteiger partial charge is 0.451 e. The number of allylic oxidation sites excluding steroid dienone is 1. The Bertz CT molecular complexity index is 1190. The minimum atomic E-state index is -0.483. The van der Waals surface area contributed by atoms with Crippen LogP contribution in [0, 0.1) is 5.92 Å². The van der Waals surface area contributed by atoms with Gasteiger partial charge in [-0.3, -0.25) is 4.79 Å². The van der Waals surface area contributed by atoms with Crippen LogP contribution in [0.5, 0.6) is 0 Å². The van der Waals surface area contributed by atoms with Crippen molar-refractivity contribution in [3.8, 4) is 0 Å². The van der Waals surface area contributed by atoms with Crippen molar-refractivity contribution in [2.24, 2.45) is 11.0 Å². The van der Waals surface area contributed by atoms with Crippen LogP contribution in [-0.2, 0) is 9.53 Å². The average Bonchev–Trinajstić information content (AvgIpc) is 3.53. The highest BCUT2D eigenvalue weighted by atomic mass is 32.1. The van der Waals surface area contributed by atoms with Gasteiger partial charge in [-0.2, -0.15) is 5.10 Å². The second kappa shape index (κ2) is 9.55. The van der Waals surface area contributed by atoms with E-state index in [1.807, 2.05) is 53.9 Å². The molecule has 2 aromatic carbocycles. The molecule has 2 aliphatic rings. The van der Waals surface area contributed by atoms with Crippen molar-refractivity contribution in [3.05, 3.63) is 99.8 Å². The zero-order valence-electron chi connectivity index (χ0n) is 18.1. The normalized spacial score (nSPS) is 20.9. The first-order valence-corrected chi connectivity index (χ1v) is 12.0. The van der Waals surface area contributed by atoms with E-state index in [9.17, 15) is 9.59 Å². The lowest BCUT2D eigenvalue weighted by Crippen LogP contribution is -2.34. The quantitative estimate of drug-likeness (QED) is 0.461. The van der Waals surface area contributed by atoms with Crippen LogP contribution in [0.3, 0.4) is 0 Å². The van der Waals surface area contributed by atoms with Crippen molar-refractivity contribution in [1.29, 1.82) is 0 Å². The molecule has 1 saturated carbocycles. The summed E-state index contributed by atoms with van der Waals surface area (Å²) in [6.45, 7) is -0.332. The Balaban J connectivity index is 1.44. The second-order valence-corrected chi connectivity index (χ2v) is 9.16. The summed E-state index contributed by atoms with van der Waals surface area (Å²) in [6.07, 6.45) is 5.11. The van der Waals surface area contributed by atoms with Crippen LogP contribution < -0.4 is 0 Å². The van der Waals surface area contributed by atoms with Crippen LogP contribution in [-0.4, -0.2) is 29.2 Å². The number of rotatable bonds is 5. The number of carbonyl (C=O) groups is 2. The zero-order valence-corrected chi connectivity index (χ0v) is 18.9. The van der Waals surface area contributed by atoms with Crippen molar-refractivity contribution < 1.29 is 14.3 Å². The second-order valence-electron chi connectivity index (χ2n) is 8.21. The van der Waals surface area contributed by atoms with Gasteiger partial charge in [0.2, 0.25) is 0 Å². The Morgan fingerprint density at radius 3 is 2.52 bits per heavy atom. The Morgan fingerprint density at radius 2 is 1.79 bits per heavy atom. The summed E-state index contributed by atoms with van der Waals surface area (Å²) < 4.78 is 5.32. The fourth-order valence-corrected chi connectivity index (χ4v) is 5.22. The van der Waals surface area contributed by atoms with E-state index in [-0.39, 0.29) is 24.5 Å². The molecule has 0 spiro atoms. The van der Waals surface area contributed by atoms with Gasteiger partial charge in [0.05, 0.1) is 11.8 Å². The van der Waals surface area contributed by atoms with Gasteiger partial charge in [-0.1, -0.05) is 66.7 Å². The third-order valence-electron chi connectivity index (χ3n) is 6.09. The molecule has 1 aliphatic heterocycles.